The highest BCUT2D eigenvalue weighted by atomic mass is 32.2. The number of hydroxylamine groups is 6. The molecule has 8 saturated heterocycles. The number of fused-ring (bicyclic) bond motifs is 4. The van der Waals surface area contributed by atoms with Crippen LogP contribution < -0.4 is 11.0 Å². The molecule has 10 aliphatic heterocycles. The van der Waals surface area contributed by atoms with Gasteiger partial charge >= 0.3 is 6.09 Å². The SMILES string of the molecule is CN1CC(=O)C2C1CON2C.CN1CC(O)C2C1CON2C.CN1CC(O)C2NOCC21.CN1CC=CC1CONC(=O)OC(C)(C)C.COCC1C2OC2CN1C.Cc1ccc(S(=O)(=O)OCC2C=CCN2C)cc1. The number of aliphatic hydroxyl groups excluding tert-OH is 2. The van der Waals surface area contributed by atoms with Crippen LogP contribution >= 0.6 is 0 Å². The van der Waals surface area contributed by atoms with Crippen LogP contribution in [-0.4, -0.2) is 297 Å². The van der Waals surface area contributed by atoms with Gasteiger partial charge in [-0.25, -0.2) is 4.79 Å². The first-order valence-corrected chi connectivity index (χ1v) is 27.5. The molecule has 0 spiro atoms. The molecule has 11 rings (SSSR count). The number of amides is 1. The maximum absolute atomic E-state index is 11.9. The largest absolute Gasteiger partial charge is 0.442 e. The predicted molar refractivity (Wildman–Crippen MR) is 282 cm³/mol. The number of epoxide rings is 1. The van der Waals surface area contributed by atoms with Gasteiger partial charge in [-0.05, 0) is 82.1 Å². The van der Waals surface area contributed by atoms with E-state index in [1.807, 2.05) is 73.3 Å². The van der Waals surface area contributed by atoms with Crippen LogP contribution in [0.5, 0.6) is 0 Å². The Labute approximate surface area is 450 Å². The number of ether oxygens (including phenoxy) is 3. The molecule has 0 aliphatic carbocycles. The Hall–Kier alpha value is -3.13. The summed E-state index contributed by atoms with van der Waals surface area (Å²) in [6, 6.07) is 8.76. The Morgan fingerprint density at radius 3 is 1.92 bits per heavy atom. The van der Waals surface area contributed by atoms with Crippen molar-refractivity contribution in [1.82, 2.24) is 50.5 Å². The fraction of sp³-hybridized carbons (Fsp3) is 0.765. The number of likely N-dealkylation sites (tertiary alicyclic amines) is 4. The average molecular weight is 1100 g/mol. The highest BCUT2D eigenvalue weighted by Crippen LogP contribution is 2.35. The summed E-state index contributed by atoms with van der Waals surface area (Å²) < 4.78 is 44.4. The fourth-order valence-corrected chi connectivity index (χ4v) is 11.3. The second-order valence-electron chi connectivity index (χ2n) is 22.1. The van der Waals surface area contributed by atoms with E-state index in [1.165, 1.54) is 0 Å². The molecule has 0 radical (unpaired) electrons. The number of nitrogens with zero attached hydrogens (tertiary/aromatic N) is 8. The van der Waals surface area contributed by atoms with Gasteiger partial charge in [0.15, 0.2) is 5.78 Å². The van der Waals surface area contributed by atoms with E-state index in [-0.39, 0.29) is 65.7 Å². The number of aryl methyl sites for hydroxylation is 1. The lowest BCUT2D eigenvalue weighted by Gasteiger charge is -2.21. The summed E-state index contributed by atoms with van der Waals surface area (Å²) in [6.45, 7) is 15.7. The highest BCUT2D eigenvalue weighted by Gasteiger charge is 2.53. The van der Waals surface area contributed by atoms with Gasteiger partial charge in [-0.15, -0.1) is 0 Å². The molecule has 13 unspecified atom stereocenters. The number of hydrogen-bond acceptors (Lipinski definition) is 23. The number of carbonyl (C=O) groups excluding carboxylic acids is 2. The first-order chi connectivity index (χ1) is 35.9. The van der Waals surface area contributed by atoms with Crippen molar-refractivity contribution >= 4 is 22.0 Å². The molecule has 1 aromatic carbocycles. The molecule has 1 amide bonds. The molecular formula is C51H88N10O14S. The molecule has 1 aromatic rings. The predicted octanol–water partition coefficient (Wildman–Crippen LogP) is -0.816. The van der Waals surface area contributed by atoms with Gasteiger partial charge in [0.2, 0.25) is 0 Å². The minimum Gasteiger partial charge on any atom is -0.442 e. The van der Waals surface area contributed by atoms with Crippen LogP contribution in [0.25, 0.3) is 0 Å². The Morgan fingerprint density at radius 2 is 1.37 bits per heavy atom. The van der Waals surface area contributed by atoms with Gasteiger partial charge in [0, 0.05) is 53.9 Å². The molecule has 10 aliphatic rings. The molecule has 0 bridgehead atoms. The standard InChI is InChI=1S/C13H17NO3S.C11H20N2O3.C7H14N2O2.C7H12N2O2.C7H13NO2.C6H12N2O2/c1-11-5-7-13(8-6-11)18(15,16)17-10-12-4-3-9-14(12)2;1-11(2,3)16-10(14)12-15-8-9-6-5-7-13(9)4;2*1-8-3-6(10)7-5(8)4-11-9(7)2;1-8-3-6-7(10-6)5(8)4-9-2;1-8-2-5(9)6-4(8)3-10-7-6/h3-8,12H,9-10H2,1-2H3;5-6,9H,7-8H2,1-4H3,(H,12,14);5-7,10H,3-4H2,1-2H3;5,7H,3-4H2,1-2H3;5-7H,3-4H2,1-2H3;4-7,9H,2-3H2,1H3. The summed E-state index contributed by atoms with van der Waals surface area (Å²) in [5.74, 6) is 0.275. The average Bonchev–Trinajstić information content (AvgIpc) is 4.17. The number of β-amino-alcohol motifs (C(OH)–C–C–N with tert-alkyl or cyclic N) is 2. The van der Waals surface area contributed by atoms with E-state index in [2.05, 4.69) is 54.7 Å². The molecule has 4 N–H and O–H groups in total. The topological polar surface area (TPSA) is 236 Å². The third-order valence-electron chi connectivity index (χ3n) is 15.1. The number of morpholine rings is 1. The van der Waals surface area contributed by atoms with Gasteiger partial charge in [-0.2, -0.15) is 29.5 Å². The number of hydrogen-bond donors (Lipinski definition) is 4. The minimum atomic E-state index is -3.65. The van der Waals surface area contributed by atoms with E-state index in [1.54, 1.807) is 62.3 Å². The molecule has 25 heteroatoms. The van der Waals surface area contributed by atoms with E-state index in [4.69, 9.17) is 37.7 Å². The van der Waals surface area contributed by atoms with Crippen LogP contribution in [0.4, 0.5) is 4.79 Å². The maximum Gasteiger partial charge on any atom is 0.431 e. The van der Waals surface area contributed by atoms with Crippen molar-refractivity contribution in [3.63, 3.8) is 0 Å². The molecule has 24 nitrogen and oxygen atoms in total. The first kappa shape index (κ1) is 62.1. The van der Waals surface area contributed by atoms with E-state index < -0.39 is 21.8 Å². The summed E-state index contributed by atoms with van der Waals surface area (Å²) in [7, 11) is 13.8. The lowest BCUT2D eigenvalue weighted by molar-refractivity contribution is -0.140. The summed E-state index contributed by atoms with van der Waals surface area (Å²) >= 11 is 0. The normalized spacial score (nSPS) is 34.1. The fourth-order valence-electron chi connectivity index (χ4n) is 10.4. The van der Waals surface area contributed by atoms with Gasteiger partial charge in [-0.1, -0.05) is 42.0 Å². The zero-order chi connectivity index (χ0) is 55.6. The van der Waals surface area contributed by atoms with Crippen molar-refractivity contribution in [1.29, 1.82) is 0 Å². The van der Waals surface area contributed by atoms with Crippen molar-refractivity contribution in [2.75, 3.05) is 142 Å². The second-order valence-corrected chi connectivity index (χ2v) is 23.7. The van der Waals surface area contributed by atoms with E-state index >= 15 is 0 Å². The third-order valence-corrected chi connectivity index (χ3v) is 16.4. The van der Waals surface area contributed by atoms with Crippen LogP contribution in [0, 0.1) is 6.92 Å². The minimum absolute atomic E-state index is 0.0139. The zero-order valence-electron chi connectivity index (χ0n) is 46.9. The molecule has 432 valence electrons. The van der Waals surface area contributed by atoms with Gasteiger partial charge in [0.05, 0.1) is 118 Å². The number of benzene rings is 1. The number of carbonyl (C=O) groups is 2. The van der Waals surface area contributed by atoms with Crippen molar-refractivity contribution in [2.24, 2.45) is 0 Å². The van der Waals surface area contributed by atoms with Crippen LogP contribution in [0.3, 0.4) is 0 Å². The Kier molecular flexibility index (Phi) is 22.7. The monoisotopic (exact) mass is 1100 g/mol. The van der Waals surface area contributed by atoms with E-state index in [0.717, 1.165) is 44.9 Å². The summed E-state index contributed by atoms with van der Waals surface area (Å²) in [5, 5.41) is 22.4. The van der Waals surface area contributed by atoms with Crippen LogP contribution in [0.2, 0.25) is 0 Å². The van der Waals surface area contributed by atoms with Crippen molar-refractivity contribution in [3.8, 4) is 0 Å². The van der Waals surface area contributed by atoms with E-state index in [0.29, 0.717) is 63.3 Å². The van der Waals surface area contributed by atoms with Gasteiger partial charge < -0.3 is 24.4 Å². The lowest BCUT2D eigenvalue weighted by atomic mass is 10.1. The molecule has 0 saturated carbocycles. The Balaban J connectivity index is 0.000000150. The highest BCUT2D eigenvalue weighted by molar-refractivity contribution is 7.86. The lowest BCUT2D eigenvalue weighted by Crippen LogP contribution is -2.38. The van der Waals surface area contributed by atoms with Gasteiger partial charge in [0.25, 0.3) is 10.1 Å². The van der Waals surface area contributed by atoms with Crippen molar-refractivity contribution < 1.29 is 66.0 Å². The van der Waals surface area contributed by atoms with Crippen LogP contribution in [0.15, 0.2) is 53.5 Å². The number of ketones is 1. The molecule has 13 atom stereocenters. The van der Waals surface area contributed by atoms with Crippen molar-refractivity contribution in [2.45, 2.75) is 117 Å². The summed E-state index contributed by atoms with van der Waals surface area (Å²) in [6.07, 6.45) is 8.01. The number of Topliss-reactive ketones (excluding diaryl/α,β-unsaturated/α-hetero) is 1. The smallest absolute Gasteiger partial charge is 0.431 e. The number of likely N-dealkylation sites (N-methyl/N-ethyl adjacent to an activating group) is 8. The Bertz CT molecular complexity index is 2160. The molecule has 76 heavy (non-hydrogen) atoms. The quantitative estimate of drug-likeness (QED) is 0.102. The van der Waals surface area contributed by atoms with Crippen LogP contribution in [0.1, 0.15) is 26.3 Å². The molecule has 0 aromatic heterocycles. The number of methoxy groups -OCH3 is 1. The number of rotatable bonds is 9. The van der Waals surface area contributed by atoms with Crippen LogP contribution in [-0.2, 0) is 52.7 Å². The summed E-state index contributed by atoms with van der Waals surface area (Å²) in [5.41, 5.74) is 5.59. The summed E-state index contributed by atoms with van der Waals surface area (Å²) in [4.78, 5) is 56.1. The second kappa shape index (κ2) is 27.8. The van der Waals surface area contributed by atoms with Gasteiger partial charge in [0.1, 0.15) is 17.7 Å². The van der Waals surface area contributed by atoms with E-state index in [9.17, 15) is 28.2 Å². The van der Waals surface area contributed by atoms with Gasteiger partial charge in [-0.3, -0.25) is 57.7 Å². The third kappa shape index (κ3) is 16.9. The molecule has 10 heterocycles. The number of aliphatic hydroxyl groups is 2. The molecule has 8 fully saturated rings. The maximum atomic E-state index is 11.9. The number of nitrogens with one attached hydrogen (secondary N) is 2. The van der Waals surface area contributed by atoms with Crippen molar-refractivity contribution in [3.05, 3.63) is 54.1 Å². The Morgan fingerprint density at radius 1 is 0.763 bits per heavy atom. The zero-order valence-corrected chi connectivity index (χ0v) is 47.7. The first-order valence-electron chi connectivity index (χ1n) is 26.1. The molecular weight excluding hydrogens is 1010 g/mol.